The van der Waals surface area contributed by atoms with E-state index in [0.717, 1.165) is 5.01 Å². The summed E-state index contributed by atoms with van der Waals surface area (Å²) in [6.07, 6.45) is -4.54. The van der Waals surface area contributed by atoms with Gasteiger partial charge in [-0.1, -0.05) is 24.3 Å². The summed E-state index contributed by atoms with van der Waals surface area (Å²) in [5.74, 6) is 0.196. The standard InChI is InChI=1S/C19H21F3N2O2/c1-4-26-13-8-9-14-12(10-13)6-5-7-15(14)16(19(20,21)22)24-11-18(2,3)17(25)23-24/h5-10,16H,4,11H2,1-3H3,(H,23,25)/t16-/m0/s1. The number of nitrogens with zero attached hydrogens (tertiary/aromatic N) is 1. The summed E-state index contributed by atoms with van der Waals surface area (Å²) in [6, 6.07) is 7.90. The van der Waals surface area contributed by atoms with Crippen LogP contribution in [0.3, 0.4) is 0 Å². The van der Waals surface area contributed by atoms with Gasteiger partial charge in [-0.05, 0) is 49.2 Å². The number of ether oxygens (including phenoxy) is 1. The Morgan fingerprint density at radius 1 is 1.27 bits per heavy atom. The molecule has 7 heteroatoms. The van der Waals surface area contributed by atoms with E-state index >= 15 is 0 Å². The van der Waals surface area contributed by atoms with E-state index in [1.807, 2.05) is 6.92 Å². The van der Waals surface area contributed by atoms with Gasteiger partial charge in [-0.2, -0.15) is 13.2 Å². The van der Waals surface area contributed by atoms with Crippen molar-refractivity contribution in [1.82, 2.24) is 10.4 Å². The maximum Gasteiger partial charge on any atom is 0.409 e. The average molecular weight is 366 g/mol. The van der Waals surface area contributed by atoms with E-state index in [2.05, 4.69) is 5.43 Å². The number of amides is 1. The summed E-state index contributed by atoms with van der Waals surface area (Å²) in [5.41, 5.74) is 1.62. The van der Waals surface area contributed by atoms with Gasteiger partial charge in [0.15, 0.2) is 6.04 Å². The third-order valence-corrected chi connectivity index (χ3v) is 4.54. The van der Waals surface area contributed by atoms with Crippen LogP contribution in [0.4, 0.5) is 13.2 Å². The molecule has 1 heterocycles. The average Bonchev–Trinajstić information content (AvgIpc) is 2.79. The fourth-order valence-electron chi connectivity index (χ4n) is 3.28. The summed E-state index contributed by atoms with van der Waals surface area (Å²) in [4.78, 5) is 12.0. The molecule has 1 N–H and O–H groups in total. The van der Waals surface area contributed by atoms with Crippen molar-refractivity contribution in [2.75, 3.05) is 13.2 Å². The number of hydrogen-bond donors (Lipinski definition) is 1. The number of benzene rings is 2. The Kier molecular flexibility index (Phi) is 4.60. The van der Waals surface area contributed by atoms with Crippen molar-refractivity contribution in [2.45, 2.75) is 33.0 Å². The van der Waals surface area contributed by atoms with Crippen LogP contribution in [0.2, 0.25) is 0 Å². The monoisotopic (exact) mass is 366 g/mol. The van der Waals surface area contributed by atoms with Crippen molar-refractivity contribution >= 4 is 16.7 Å². The van der Waals surface area contributed by atoms with Crippen LogP contribution in [-0.4, -0.2) is 30.2 Å². The topological polar surface area (TPSA) is 41.6 Å². The minimum absolute atomic E-state index is 0.0244. The lowest BCUT2D eigenvalue weighted by Crippen LogP contribution is -2.43. The molecule has 3 rings (SSSR count). The van der Waals surface area contributed by atoms with E-state index in [0.29, 0.717) is 23.1 Å². The van der Waals surface area contributed by atoms with E-state index in [1.165, 1.54) is 6.07 Å². The highest BCUT2D eigenvalue weighted by atomic mass is 19.4. The molecule has 2 aromatic carbocycles. The number of rotatable bonds is 4. The molecule has 0 aliphatic carbocycles. The largest absolute Gasteiger partial charge is 0.494 e. The predicted molar refractivity (Wildman–Crippen MR) is 92.5 cm³/mol. The summed E-state index contributed by atoms with van der Waals surface area (Å²) in [7, 11) is 0. The van der Waals surface area contributed by atoms with Crippen LogP contribution >= 0.6 is 0 Å². The lowest BCUT2D eigenvalue weighted by molar-refractivity contribution is -0.191. The zero-order valence-electron chi connectivity index (χ0n) is 14.9. The number of hydrazine groups is 1. The summed E-state index contributed by atoms with van der Waals surface area (Å²) in [5, 5.41) is 2.14. The predicted octanol–water partition coefficient (Wildman–Crippen LogP) is 4.21. The normalized spacial score (nSPS) is 18.8. The van der Waals surface area contributed by atoms with Gasteiger partial charge in [0.05, 0.1) is 12.0 Å². The maximum absolute atomic E-state index is 13.9. The Balaban J connectivity index is 2.09. The molecule has 1 fully saturated rings. The first kappa shape index (κ1) is 18.5. The van der Waals surface area contributed by atoms with Crippen molar-refractivity contribution in [3.8, 4) is 5.75 Å². The molecule has 26 heavy (non-hydrogen) atoms. The quantitative estimate of drug-likeness (QED) is 0.881. The number of fused-ring (bicyclic) bond motifs is 1. The highest BCUT2D eigenvalue weighted by Crippen LogP contribution is 2.43. The zero-order chi connectivity index (χ0) is 19.1. The molecule has 0 spiro atoms. The SMILES string of the molecule is CCOc1ccc2c([C@H](N3CC(C)(C)C(=O)N3)C(F)(F)F)cccc2c1. The molecule has 0 radical (unpaired) electrons. The molecule has 0 saturated carbocycles. The molecule has 2 aromatic rings. The molecule has 1 aliphatic heterocycles. The second kappa shape index (κ2) is 6.46. The van der Waals surface area contributed by atoms with Gasteiger partial charge in [-0.15, -0.1) is 0 Å². The van der Waals surface area contributed by atoms with Gasteiger partial charge in [-0.25, -0.2) is 5.01 Å². The van der Waals surface area contributed by atoms with Gasteiger partial charge in [-0.3, -0.25) is 10.2 Å². The van der Waals surface area contributed by atoms with E-state index in [1.54, 1.807) is 44.2 Å². The fraction of sp³-hybridized carbons (Fsp3) is 0.421. The van der Waals surface area contributed by atoms with Gasteiger partial charge >= 0.3 is 6.18 Å². The molecule has 4 nitrogen and oxygen atoms in total. The number of halogens is 3. The number of carbonyl (C=O) groups is 1. The minimum Gasteiger partial charge on any atom is -0.494 e. The fourth-order valence-corrected chi connectivity index (χ4v) is 3.28. The molecule has 140 valence electrons. The van der Waals surface area contributed by atoms with Crippen LogP contribution in [-0.2, 0) is 4.79 Å². The van der Waals surface area contributed by atoms with Crippen molar-refractivity contribution < 1.29 is 22.7 Å². The number of carbonyl (C=O) groups excluding carboxylic acids is 1. The molecule has 0 unspecified atom stereocenters. The zero-order valence-corrected chi connectivity index (χ0v) is 14.9. The molecular weight excluding hydrogens is 345 g/mol. The van der Waals surface area contributed by atoms with Crippen molar-refractivity contribution in [1.29, 1.82) is 0 Å². The molecule has 0 aromatic heterocycles. The van der Waals surface area contributed by atoms with Crippen molar-refractivity contribution in [3.63, 3.8) is 0 Å². The second-order valence-electron chi connectivity index (χ2n) is 7.06. The first-order valence-corrected chi connectivity index (χ1v) is 8.43. The van der Waals surface area contributed by atoms with Gasteiger partial charge < -0.3 is 4.74 Å². The lowest BCUT2D eigenvalue weighted by Gasteiger charge is -2.30. The Hall–Kier alpha value is -2.28. The minimum atomic E-state index is -4.54. The molecule has 1 amide bonds. The van der Waals surface area contributed by atoms with Crippen LogP contribution in [0.5, 0.6) is 5.75 Å². The first-order valence-electron chi connectivity index (χ1n) is 8.43. The third-order valence-electron chi connectivity index (χ3n) is 4.54. The van der Waals surface area contributed by atoms with E-state index < -0.39 is 23.5 Å². The van der Waals surface area contributed by atoms with Gasteiger partial charge in [0, 0.05) is 6.54 Å². The summed E-state index contributed by atoms with van der Waals surface area (Å²) < 4.78 is 47.3. The van der Waals surface area contributed by atoms with Crippen LogP contribution < -0.4 is 10.2 Å². The number of nitrogens with one attached hydrogen (secondary N) is 1. The first-order chi connectivity index (χ1) is 12.1. The third kappa shape index (κ3) is 3.35. The molecule has 1 atom stereocenters. The molecule has 0 bridgehead atoms. The summed E-state index contributed by atoms with van der Waals surface area (Å²) in [6.45, 7) is 5.56. The smallest absolute Gasteiger partial charge is 0.409 e. The van der Waals surface area contributed by atoms with E-state index in [4.69, 9.17) is 4.74 Å². The highest BCUT2D eigenvalue weighted by molar-refractivity contribution is 5.88. The van der Waals surface area contributed by atoms with E-state index in [-0.39, 0.29) is 12.1 Å². The Morgan fingerprint density at radius 2 is 2.00 bits per heavy atom. The van der Waals surface area contributed by atoms with Crippen LogP contribution in [0.15, 0.2) is 36.4 Å². The van der Waals surface area contributed by atoms with Gasteiger partial charge in [0.1, 0.15) is 5.75 Å². The highest BCUT2D eigenvalue weighted by Gasteiger charge is 2.51. The van der Waals surface area contributed by atoms with Crippen LogP contribution in [0.25, 0.3) is 10.8 Å². The second-order valence-corrected chi connectivity index (χ2v) is 7.06. The van der Waals surface area contributed by atoms with Crippen molar-refractivity contribution in [3.05, 3.63) is 42.0 Å². The van der Waals surface area contributed by atoms with E-state index in [9.17, 15) is 18.0 Å². The molecule has 1 saturated heterocycles. The molecular formula is C19H21F3N2O2. The van der Waals surface area contributed by atoms with Gasteiger partial charge in [0.25, 0.3) is 0 Å². The molecule has 1 aliphatic rings. The number of alkyl halides is 3. The Bertz CT molecular complexity index is 833. The van der Waals surface area contributed by atoms with Crippen LogP contribution in [0, 0.1) is 5.41 Å². The number of hydrogen-bond acceptors (Lipinski definition) is 3. The lowest BCUT2D eigenvalue weighted by atomic mass is 9.93. The Morgan fingerprint density at radius 3 is 2.58 bits per heavy atom. The van der Waals surface area contributed by atoms with Crippen molar-refractivity contribution in [2.24, 2.45) is 5.41 Å². The maximum atomic E-state index is 13.9. The van der Waals surface area contributed by atoms with Crippen LogP contribution in [0.1, 0.15) is 32.4 Å². The Labute approximate surface area is 149 Å². The summed E-state index contributed by atoms with van der Waals surface area (Å²) >= 11 is 0. The van der Waals surface area contributed by atoms with Gasteiger partial charge in [0.2, 0.25) is 5.91 Å².